The van der Waals surface area contributed by atoms with Gasteiger partial charge in [0.25, 0.3) is 0 Å². The number of hydrogen-bond acceptors (Lipinski definition) is 3. The molecule has 7 heteroatoms. The SMILES string of the molecule is NC(=O)CN(CC(N)=O)C(=O)CCc1ccc(Cl)cc1. The van der Waals surface area contributed by atoms with Crippen LogP contribution in [0.4, 0.5) is 0 Å². The zero-order chi connectivity index (χ0) is 15.1. The third kappa shape index (κ3) is 5.71. The molecule has 0 saturated carbocycles. The quantitative estimate of drug-likeness (QED) is 0.743. The predicted octanol–water partition coefficient (Wildman–Crippen LogP) is 0.0718. The Balaban J connectivity index is 2.58. The van der Waals surface area contributed by atoms with Crippen LogP contribution in [0.3, 0.4) is 0 Å². The second-order valence-corrected chi connectivity index (χ2v) is 4.75. The maximum atomic E-state index is 11.9. The van der Waals surface area contributed by atoms with Crippen LogP contribution in [0.25, 0.3) is 0 Å². The molecule has 3 amide bonds. The number of rotatable bonds is 7. The monoisotopic (exact) mass is 297 g/mol. The molecule has 6 nitrogen and oxygen atoms in total. The van der Waals surface area contributed by atoms with E-state index in [1.165, 1.54) is 0 Å². The second kappa shape index (κ2) is 7.49. The summed E-state index contributed by atoms with van der Waals surface area (Å²) in [6, 6.07) is 7.07. The first kappa shape index (κ1) is 16.0. The Bertz CT molecular complexity index is 486. The van der Waals surface area contributed by atoms with Crippen LogP contribution >= 0.6 is 11.6 Å². The van der Waals surface area contributed by atoms with Crippen molar-refractivity contribution in [2.24, 2.45) is 11.5 Å². The first-order chi connectivity index (χ1) is 9.38. The maximum Gasteiger partial charge on any atom is 0.237 e. The Morgan fingerprint density at radius 1 is 1.00 bits per heavy atom. The van der Waals surface area contributed by atoms with E-state index in [9.17, 15) is 14.4 Å². The fourth-order valence-corrected chi connectivity index (χ4v) is 1.79. The van der Waals surface area contributed by atoms with E-state index < -0.39 is 11.8 Å². The van der Waals surface area contributed by atoms with E-state index in [4.69, 9.17) is 23.1 Å². The lowest BCUT2D eigenvalue weighted by Gasteiger charge is -2.19. The molecule has 1 aromatic carbocycles. The summed E-state index contributed by atoms with van der Waals surface area (Å²) in [7, 11) is 0. The van der Waals surface area contributed by atoms with Gasteiger partial charge in [0, 0.05) is 11.4 Å². The highest BCUT2D eigenvalue weighted by Crippen LogP contribution is 2.11. The van der Waals surface area contributed by atoms with Crippen molar-refractivity contribution in [2.45, 2.75) is 12.8 Å². The van der Waals surface area contributed by atoms with Gasteiger partial charge >= 0.3 is 0 Å². The zero-order valence-electron chi connectivity index (χ0n) is 10.8. The number of primary amides is 2. The van der Waals surface area contributed by atoms with Crippen LogP contribution in [0.2, 0.25) is 5.02 Å². The fraction of sp³-hybridized carbons (Fsp3) is 0.308. The van der Waals surface area contributed by atoms with Gasteiger partial charge in [-0.2, -0.15) is 0 Å². The lowest BCUT2D eigenvalue weighted by Crippen LogP contribution is -2.43. The van der Waals surface area contributed by atoms with Crippen molar-refractivity contribution in [1.29, 1.82) is 0 Å². The molecule has 0 fully saturated rings. The topological polar surface area (TPSA) is 106 Å². The second-order valence-electron chi connectivity index (χ2n) is 4.31. The van der Waals surface area contributed by atoms with E-state index >= 15 is 0 Å². The fourth-order valence-electron chi connectivity index (χ4n) is 1.67. The Morgan fingerprint density at radius 2 is 1.50 bits per heavy atom. The van der Waals surface area contributed by atoms with Crippen LogP contribution in [-0.2, 0) is 20.8 Å². The molecule has 0 aliphatic rings. The van der Waals surface area contributed by atoms with E-state index in [-0.39, 0.29) is 25.4 Å². The Morgan fingerprint density at radius 3 is 1.95 bits per heavy atom. The van der Waals surface area contributed by atoms with Gasteiger partial charge in [0.15, 0.2) is 0 Å². The molecule has 0 atom stereocenters. The van der Waals surface area contributed by atoms with E-state index in [1.807, 2.05) is 12.1 Å². The number of hydrogen-bond donors (Lipinski definition) is 2. The number of aryl methyl sites for hydroxylation is 1. The molecular weight excluding hydrogens is 282 g/mol. The van der Waals surface area contributed by atoms with Gasteiger partial charge in [-0.15, -0.1) is 0 Å². The molecule has 0 aliphatic heterocycles. The number of nitrogens with two attached hydrogens (primary N) is 2. The van der Waals surface area contributed by atoms with Crippen molar-refractivity contribution >= 4 is 29.3 Å². The van der Waals surface area contributed by atoms with E-state index in [1.54, 1.807) is 12.1 Å². The first-order valence-electron chi connectivity index (χ1n) is 5.97. The van der Waals surface area contributed by atoms with Crippen LogP contribution in [0.15, 0.2) is 24.3 Å². The molecule has 0 radical (unpaired) electrons. The molecule has 0 spiro atoms. The molecule has 4 N–H and O–H groups in total. The third-order valence-electron chi connectivity index (χ3n) is 2.59. The predicted molar refractivity (Wildman–Crippen MR) is 74.7 cm³/mol. The van der Waals surface area contributed by atoms with Gasteiger partial charge in [0.1, 0.15) is 0 Å². The molecule has 108 valence electrons. The summed E-state index contributed by atoms with van der Waals surface area (Å²) >= 11 is 5.76. The minimum absolute atomic E-state index is 0.155. The lowest BCUT2D eigenvalue weighted by molar-refractivity contribution is -0.138. The zero-order valence-corrected chi connectivity index (χ0v) is 11.6. The number of amides is 3. The van der Waals surface area contributed by atoms with Crippen molar-refractivity contribution in [3.05, 3.63) is 34.9 Å². The summed E-state index contributed by atoms with van der Waals surface area (Å²) in [6.07, 6.45) is 0.631. The minimum Gasteiger partial charge on any atom is -0.368 e. The van der Waals surface area contributed by atoms with Crippen LogP contribution < -0.4 is 11.5 Å². The van der Waals surface area contributed by atoms with E-state index in [0.717, 1.165) is 10.5 Å². The van der Waals surface area contributed by atoms with Crippen molar-refractivity contribution in [3.8, 4) is 0 Å². The highest BCUT2D eigenvalue weighted by atomic mass is 35.5. The normalized spacial score (nSPS) is 10.1. The van der Waals surface area contributed by atoms with E-state index in [2.05, 4.69) is 0 Å². The molecule has 0 heterocycles. The van der Waals surface area contributed by atoms with Crippen LogP contribution in [-0.4, -0.2) is 35.7 Å². The van der Waals surface area contributed by atoms with Crippen LogP contribution in [0, 0.1) is 0 Å². The highest BCUT2D eigenvalue weighted by Gasteiger charge is 2.17. The number of carbonyl (C=O) groups excluding carboxylic acids is 3. The van der Waals surface area contributed by atoms with Gasteiger partial charge in [-0.05, 0) is 24.1 Å². The summed E-state index contributed by atoms with van der Waals surface area (Å²) in [5, 5.41) is 0.615. The van der Waals surface area contributed by atoms with E-state index in [0.29, 0.717) is 11.4 Å². The summed E-state index contributed by atoms with van der Waals surface area (Å²) in [6.45, 7) is -0.634. The maximum absolute atomic E-state index is 11.9. The largest absolute Gasteiger partial charge is 0.368 e. The Labute approximate surface area is 121 Å². The number of carbonyl (C=O) groups is 3. The van der Waals surface area contributed by atoms with Gasteiger partial charge < -0.3 is 16.4 Å². The molecule has 1 rings (SSSR count). The van der Waals surface area contributed by atoms with Crippen molar-refractivity contribution in [1.82, 2.24) is 4.90 Å². The summed E-state index contributed by atoms with van der Waals surface area (Å²) in [4.78, 5) is 34.7. The smallest absolute Gasteiger partial charge is 0.237 e. The van der Waals surface area contributed by atoms with Crippen molar-refractivity contribution in [3.63, 3.8) is 0 Å². The van der Waals surface area contributed by atoms with Crippen LogP contribution in [0.1, 0.15) is 12.0 Å². The molecule has 0 bridgehead atoms. The average molecular weight is 298 g/mol. The molecule has 0 saturated heterocycles. The Kier molecular flexibility index (Phi) is 5.99. The van der Waals surface area contributed by atoms with Crippen LogP contribution in [0.5, 0.6) is 0 Å². The number of benzene rings is 1. The summed E-state index contributed by atoms with van der Waals surface area (Å²) in [5.74, 6) is -1.73. The standard InChI is InChI=1S/C13H16ClN3O3/c14-10-4-1-9(2-5-10)3-6-13(20)17(7-11(15)18)8-12(16)19/h1-2,4-5H,3,6-8H2,(H2,15,18)(H2,16,19). The minimum atomic E-state index is -0.689. The van der Waals surface area contributed by atoms with Crippen molar-refractivity contribution < 1.29 is 14.4 Å². The Hall–Kier alpha value is -2.08. The average Bonchev–Trinajstić information content (AvgIpc) is 2.36. The van der Waals surface area contributed by atoms with Gasteiger partial charge in [-0.1, -0.05) is 23.7 Å². The molecular formula is C13H16ClN3O3. The number of halogens is 1. The molecule has 0 aliphatic carbocycles. The lowest BCUT2D eigenvalue weighted by atomic mass is 10.1. The molecule has 0 unspecified atom stereocenters. The molecule has 0 aromatic heterocycles. The summed E-state index contributed by atoms with van der Waals surface area (Å²) < 4.78 is 0. The van der Waals surface area contributed by atoms with Gasteiger partial charge in [-0.3, -0.25) is 14.4 Å². The van der Waals surface area contributed by atoms with Gasteiger partial charge in [0.2, 0.25) is 17.7 Å². The molecule has 20 heavy (non-hydrogen) atoms. The highest BCUT2D eigenvalue weighted by molar-refractivity contribution is 6.30. The summed E-state index contributed by atoms with van der Waals surface area (Å²) in [5.41, 5.74) is 11.0. The number of nitrogens with zero attached hydrogens (tertiary/aromatic N) is 1. The van der Waals surface area contributed by atoms with Gasteiger partial charge in [-0.25, -0.2) is 0 Å². The van der Waals surface area contributed by atoms with Gasteiger partial charge in [0.05, 0.1) is 13.1 Å². The first-order valence-corrected chi connectivity index (χ1v) is 6.35. The van der Waals surface area contributed by atoms with Crippen molar-refractivity contribution in [2.75, 3.05) is 13.1 Å². The third-order valence-corrected chi connectivity index (χ3v) is 2.84. The molecule has 1 aromatic rings.